The van der Waals surface area contributed by atoms with Crippen LogP contribution in [-0.2, 0) is 5.41 Å². The van der Waals surface area contributed by atoms with Gasteiger partial charge in [-0.3, -0.25) is 0 Å². The average Bonchev–Trinajstić information content (AvgIpc) is 2.76. The molecule has 4 aromatic carbocycles. The fourth-order valence-corrected chi connectivity index (χ4v) is 3.52. The van der Waals surface area contributed by atoms with Gasteiger partial charge in [0.15, 0.2) is 0 Å². The number of hydrogen-bond donors (Lipinski definition) is 1. The van der Waals surface area contributed by atoms with Gasteiger partial charge in [0.1, 0.15) is 0 Å². The van der Waals surface area contributed by atoms with Gasteiger partial charge in [-0.1, -0.05) is 69.3 Å². The van der Waals surface area contributed by atoms with Crippen LogP contribution in [0.3, 0.4) is 0 Å². The summed E-state index contributed by atoms with van der Waals surface area (Å²) in [5.74, 6) is 0. The van der Waals surface area contributed by atoms with Gasteiger partial charge in [0.2, 0.25) is 0 Å². The molecule has 4 aromatic rings. The Morgan fingerprint density at radius 2 is 0.933 bits per heavy atom. The molecule has 0 spiro atoms. The van der Waals surface area contributed by atoms with E-state index in [9.17, 15) is 0 Å². The molecule has 0 amide bonds. The van der Waals surface area contributed by atoms with Gasteiger partial charge in [-0.2, -0.15) is 0 Å². The quantitative estimate of drug-likeness (QED) is 0.368. The van der Waals surface area contributed by atoms with E-state index in [1.165, 1.54) is 5.56 Å². The minimum Gasteiger partial charge on any atom is -0.356 e. The third-order valence-corrected chi connectivity index (χ3v) is 5.19. The first kappa shape index (κ1) is 19.8. The van der Waals surface area contributed by atoms with Crippen LogP contribution >= 0.6 is 0 Å². The van der Waals surface area contributed by atoms with Crippen molar-refractivity contribution in [1.29, 1.82) is 0 Å². The molecular formula is C28H28N2. The largest absolute Gasteiger partial charge is 0.356 e. The van der Waals surface area contributed by atoms with Crippen molar-refractivity contribution in [2.24, 2.45) is 0 Å². The van der Waals surface area contributed by atoms with E-state index in [0.717, 1.165) is 28.4 Å². The Bertz CT molecular complexity index is 1060. The number of nitrogens with zero attached hydrogens (tertiary/aromatic N) is 1. The lowest BCUT2D eigenvalue weighted by molar-refractivity contribution is 0.590. The maximum Gasteiger partial charge on any atom is 0.0463 e. The van der Waals surface area contributed by atoms with Crippen LogP contribution in [0.25, 0.3) is 0 Å². The fraction of sp³-hybridized carbons (Fsp3) is 0.143. The highest BCUT2D eigenvalue weighted by atomic mass is 15.1. The Kier molecular flexibility index (Phi) is 5.58. The van der Waals surface area contributed by atoms with Gasteiger partial charge in [0, 0.05) is 28.4 Å². The van der Waals surface area contributed by atoms with Crippen LogP contribution in [0.4, 0.5) is 28.4 Å². The maximum absolute atomic E-state index is 3.46. The number of hydrogen-bond acceptors (Lipinski definition) is 2. The molecule has 0 heterocycles. The summed E-state index contributed by atoms with van der Waals surface area (Å²) in [7, 11) is 0. The van der Waals surface area contributed by atoms with E-state index < -0.39 is 0 Å². The Labute approximate surface area is 179 Å². The van der Waals surface area contributed by atoms with Crippen LogP contribution in [0.1, 0.15) is 26.3 Å². The summed E-state index contributed by atoms with van der Waals surface area (Å²) in [5, 5.41) is 3.46. The molecule has 0 atom stereocenters. The molecule has 0 fully saturated rings. The van der Waals surface area contributed by atoms with Crippen LogP contribution in [0.15, 0.2) is 109 Å². The third-order valence-electron chi connectivity index (χ3n) is 5.19. The van der Waals surface area contributed by atoms with Crippen molar-refractivity contribution < 1.29 is 0 Å². The summed E-state index contributed by atoms with van der Waals surface area (Å²) < 4.78 is 0. The molecule has 4 rings (SSSR count). The standard InChI is InChI=1S/C28H28N2/c1-28(2,3)22-14-18-26(19-15-22)30(25-12-8-5-9-13-25)27-20-16-24(17-21-27)29-23-10-6-4-7-11-23/h4-21,29H,1-3H3. The monoisotopic (exact) mass is 392 g/mol. The van der Waals surface area contributed by atoms with E-state index in [1.54, 1.807) is 0 Å². The summed E-state index contributed by atoms with van der Waals surface area (Å²) in [5.41, 5.74) is 7.05. The van der Waals surface area contributed by atoms with Crippen LogP contribution in [0, 0.1) is 0 Å². The van der Waals surface area contributed by atoms with Crippen molar-refractivity contribution in [1.82, 2.24) is 0 Å². The van der Waals surface area contributed by atoms with Crippen molar-refractivity contribution >= 4 is 28.4 Å². The third kappa shape index (κ3) is 4.55. The van der Waals surface area contributed by atoms with Gasteiger partial charge in [0.25, 0.3) is 0 Å². The molecule has 2 nitrogen and oxygen atoms in total. The highest BCUT2D eigenvalue weighted by Crippen LogP contribution is 2.36. The van der Waals surface area contributed by atoms with Gasteiger partial charge in [0.05, 0.1) is 0 Å². The molecule has 2 heteroatoms. The van der Waals surface area contributed by atoms with E-state index in [-0.39, 0.29) is 5.41 Å². The zero-order chi connectivity index (χ0) is 21.0. The first-order valence-corrected chi connectivity index (χ1v) is 10.4. The number of para-hydroxylation sites is 2. The van der Waals surface area contributed by atoms with Crippen LogP contribution in [0.5, 0.6) is 0 Å². The molecule has 150 valence electrons. The molecule has 0 saturated carbocycles. The molecule has 0 unspecified atom stereocenters. The van der Waals surface area contributed by atoms with E-state index in [2.05, 4.69) is 122 Å². The predicted molar refractivity (Wildman–Crippen MR) is 130 cm³/mol. The molecule has 0 aromatic heterocycles. The topological polar surface area (TPSA) is 15.3 Å². The van der Waals surface area contributed by atoms with Crippen LogP contribution in [-0.4, -0.2) is 0 Å². The summed E-state index contributed by atoms with van der Waals surface area (Å²) in [6.45, 7) is 6.74. The van der Waals surface area contributed by atoms with Crippen LogP contribution < -0.4 is 10.2 Å². The molecule has 30 heavy (non-hydrogen) atoms. The molecular weight excluding hydrogens is 364 g/mol. The molecule has 0 aliphatic carbocycles. The Balaban J connectivity index is 1.67. The second kappa shape index (κ2) is 8.46. The van der Waals surface area contributed by atoms with Gasteiger partial charge in [-0.05, 0) is 71.6 Å². The maximum atomic E-state index is 3.46. The van der Waals surface area contributed by atoms with Crippen molar-refractivity contribution in [3.05, 3.63) is 115 Å². The van der Waals surface area contributed by atoms with Crippen molar-refractivity contribution in [2.45, 2.75) is 26.2 Å². The molecule has 0 aliphatic rings. The van der Waals surface area contributed by atoms with E-state index in [4.69, 9.17) is 0 Å². The summed E-state index contributed by atoms with van der Waals surface area (Å²) in [6.07, 6.45) is 0. The Morgan fingerprint density at radius 1 is 0.500 bits per heavy atom. The van der Waals surface area contributed by atoms with Crippen molar-refractivity contribution in [3.63, 3.8) is 0 Å². The molecule has 0 bridgehead atoms. The van der Waals surface area contributed by atoms with E-state index in [0.29, 0.717) is 0 Å². The average molecular weight is 393 g/mol. The first-order chi connectivity index (χ1) is 14.5. The lowest BCUT2D eigenvalue weighted by atomic mass is 9.87. The number of benzene rings is 4. The minimum absolute atomic E-state index is 0.140. The fourth-order valence-electron chi connectivity index (χ4n) is 3.52. The zero-order valence-corrected chi connectivity index (χ0v) is 17.8. The van der Waals surface area contributed by atoms with Crippen molar-refractivity contribution in [3.8, 4) is 0 Å². The van der Waals surface area contributed by atoms with Gasteiger partial charge >= 0.3 is 0 Å². The van der Waals surface area contributed by atoms with Gasteiger partial charge in [-0.25, -0.2) is 0 Å². The molecule has 1 N–H and O–H groups in total. The molecule has 0 radical (unpaired) electrons. The van der Waals surface area contributed by atoms with Crippen LogP contribution in [0.2, 0.25) is 0 Å². The van der Waals surface area contributed by atoms with E-state index >= 15 is 0 Å². The highest BCUT2D eigenvalue weighted by molar-refractivity contribution is 5.77. The number of anilines is 5. The zero-order valence-electron chi connectivity index (χ0n) is 17.8. The SMILES string of the molecule is CC(C)(C)c1ccc(N(c2ccccc2)c2ccc(Nc3ccccc3)cc2)cc1. The summed E-state index contributed by atoms with van der Waals surface area (Å²) in [6, 6.07) is 38.2. The van der Waals surface area contributed by atoms with E-state index in [1.807, 2.05) is 18.2 Å². The minimum atomic E-state index is 0.140. The smallest absolute Gasteiger partial charge is 0.0463 e. The molecule has 0 saturated heterocycles. The lowest BCUT2D eigenvalue weighted by Gasteiger charge is -2.27. The first-order valence-electron chi connectivity index (χ1n) is 10.4. The number of nitrogens with one attached hydrogen (secondary N) is 1. The molecule has 0 aliphatic heterocycles. The van der Waals surface area contributed by atoms with Gasteiger partial charge in [-0.15, -0.1) is 0 Å². The second-order valence-electron chi connectivity index (χ2n) is 8.51. The normalized spacial score (nSPS) is 11.2. The number of rotatable bonds is 5. The summed E-state index contributed by atoms with van der Waals surface area (Å²) >= 11 is 0. The highest BCUT2D eigenvalue weighted by Gasteiger charge is 2.16. The Morgan fingerprint density at radius 3 is 1.47 bits per heavy atom. The second-order valence-corrected chi connectivity index (χ2v) is 8.51. The predicted octanol–water partition coefficient (Wildman–Crippen LogP) is 8.20. The van der Waals surface area contributed by atoms with Crippen molar-refractivity contribution in [2.75, 3.05) is 10.2 Å². The summed E-state index contributed by atoms with van der Waals surface area (Å²) in [4.78, 5) is 2.29. The lowest BCUT2D eigenvalue weighted by Crippen LogP contribution is -2.13. The Hall–Kier alpha value is -3.52. The van der Waals surface area contributed by atoms with Gasteiger partial charge < -0.3 is 10.2 Å².